The molecule has 6 heteroatoms. The lowest BCUT2D eigenvalue weighted by molar-refractivity contribution is 0.0889. The van der Waals surface area contributed by atoms with Crippen molar-refractivity contribution in [1.29, 1.82) is 0 Å². The van der Waals surface area contributed by atoms with Gasteiger partial charge in [0, 0.05) is 5.69 Å². The van der Waals surface area contributed by atoms with Crippen molar-refractivity contribution in [1.82, 2.24) is 16.0 Å². The van der Waals surface area contributed by atoms with Crippen LogP contribution >= 0.6 is 0 Å². The molecule has 0 spiro atoms. The Morgan fingerprint density at radius 2 is 1.67 bits per heavy atom. The number of benzene rings is 1. The van der Waals surface area contributed by atoms with E-state index >= 15 is 0 Å². The van der Waals surface area contributed by atoms with E-state index in [-0.39, 0.29) is 6.61 Å². The molecule has 0 aliphatic rings. The van der Waals surface area contributed by atoms with Crippen molar-refractivity contribution < 1.29 is 9.53 Å². The zero-order chi connectivity index (χ0) is 13.4. The summed E-state index contributed by atoms with van der Waals surface area (Å²) in [7, 11) is 5.31. The van der Waals surface area contributed by atoms with Gasteiger partial charge in [0.15, 0.2) is 5.79 Å². The van der Waals surface area contributed by atoms with Gasteiger partial charge in [0.2, 0.25) is 0 Å². The zero-order valence-electron chi connectivity index (χ0n) is 10.9. The molecule has 4 N–H and O–H groups in total. The molecule has 18 heavy (non-hydrogen) atoms. The number of hydrogen-bond donors (Lipinski definition) is 4. The van der Waals surface area contributed by atoms with Crippen LogP contribution in [0.25, 0.3) is 0 Å². The number of hydrogen-bond acceptors (Lipinski definition) is 5. The molecular weight excluding hydrogens is 232 g/mol. The van der Waals surface area contributed by atoms with E-state index < -0.39 is 11.9 Å². The number of carbonyl (C=O) groups is 1. The highest BCUT2D eigenvalue weighted by molar-refractivity contribution is 5.84. The summed E-state index contributed by atoms with van der Waals surface area (Å²) in [5, 5.41) is 11.7. The summed E-state index contributed by atoms with van der Waals surface area (Å²) in [4.78, 5) is 11.6. The summed E-state index contributed by atoms with van der Waals surface area (Å²) >= 11 is 0. The third-order valence-corrected chi connectivity index (χ3v) is 2.72. The fourth-order valence-electron chi connectivity index (χ4n) is 1.44. The summed E-state index contributed by atoms with van der Waals surface area (Å²) in [6.07, 6.45) is -0.494. The predicted octanol–water partition coefficient (Wildman–Crippen LogP) is 0.547. The second-order valence-electron chi connectivity index (χ2n) is 3.72. The quantitative estimate of drug-likeness (QED) is 0.556. The molecule has 0 saturated heterocycles. The fourth-order valence-corrected chi connectivity index (χ4v) is 1.44. The van der Waals surface area contributed by atoms with Crippen molar-refractivity contribution in [3.05, 3.63) is 30.3 Å². The maximum absolute atomic E-state index is 11.6. The van der Waals surface area contributed by atoms with Gasteiger partial charge in [0.05, 0.1) is 0 Å². The first-order valence-corrected chi connectivity index (χ1v) is 5.71. The van der Waals surface area contributed by atoms with E-state index in [9.17, 15) is 4.79 Å². The van der Waals surface area contributed by atoms with Crippen molar-refractivity contribution in [3.8, 4) is 0 Å². The van der Waals surface area contributed by atoms with Gasteiger partial charge in [-0.1, -0.05) is 18.2 Å². The van der Waals surface area contributed by atoms with Gasteiger partial charge >= 0.3 is 6.09 Å². The number of rotatable bonds is 6. The lowest BCUT2D eigenvalue weighted by Crippen LogP contribution is -2.66. The molecule has 1 aromatic carbocycles. The van der Waals surface area contributed by atoms with Crippen LogP contribution in [-0.2, 0) is 4.74 Å². The second kappa shape index (κ2) is 6.95. The van der Waals surface area contributed by atoms with E-state index in [2.05, 4.69) is 21.3 Å². The Bertz CT molecular complexity index is 357. The smallest absolute Gasteiger partial charge is 0.411 e. The number of amides is 1. The van der Waals surface area contributed by atoms with E-state index in [4.69, 9.17) is 4.74 Å². The van der Waals surface area contributed by atoms with E-state index in [1.807, 2.05) is 18.2 Å². The number of anilines is 1. The molecule has 0 aliphatic carbocycles. The highest BCUT2D eigenvalue weighted by atomic mass is 16.6. The Hall–Kier alpha value is -1.63. The molecule has 0 radical (unpaired) electrons. The van der Waals surface area contributed by atoms with Crippen molar-refractivity contribution >= 4 is 11.8 Å². The Labute approximate surface area is 107 Å². The van der Waals surface area contributed by atoms with E-state index in [1.54, 1.807) is 33.3 Å². The average molecular weight is 252 g/mol. The zero-order valence-corrected chi connectivity index (χ0v) is 10.9. The van der Waals surface area contributed by atoms with Gasteiger partial charge in [-0.15, -0.1) is 0 Å². The minimum absolute atomic E-state index is 0.148. The minimum atomic E-state index is -0.631. The third kappa shape index (κ3) is 3.99. The number of carbonyl (C=O) groups excluding carboxylic acids is 1. The molecule has 0 unspecified atom stereocenters. The molecule has 1 amide bonds. The molecule has 1 aromatic rings. The highest BCUT2D eigenvalue weighted by Crippen LogP contribution is 2.05. The van der Waals surface area contributed by atoms with Crippen LogP contribution < -0.4 is 21.3 Å². The fraction of sp³-hybridized carbons (Fsp3) is 0.417. The van der Waals surface area contributed by atoms with Gasteiger partial charge in [-0.05, 0) is 33.3 Å². The molecule has 0 atom stereocenters. The largest absolute Gasteiger partial charge is 0.444 e. The number of nitrogens with one attached hydrogen (secondary N) is 4. The van der Waals surface area contributed by atoms with Gasteiger partial charge < -0.3 is 4.74 Å². The second-order valence-corrected chi connectivity index (χ2v) is 3.72. The molecule has 0 aliphatic heterocycles. The first-order valence-electron chi connectivity index (χ1n) is 5.71. The Kier molecular flexibility index (Phi) is 5.57. The van der Waals surface area contributed by atoms with Crippen LogP contribution in [0.1, 0.15) is 0 Å². The van der Waals surface area contributed by atoms with Gasteiger partial charge in [-0.25, -0.2) is 4.79 Å². The molecule has 0 aromatic heterocycles. The Balaban J connectivity index is 2.46. The molecule has 6 nitrogen and oxygen atoms in total. The summed E-state index contributed by atoms with van der Waals surface area (Å²) in [5.74, 6) is -0.631. The van der Waals surface area contributed by atoms with Gasteiger partial charge in [0.25, 0.3) is 0 Å². The van der Waals surface area contributed by atoms with Crippen LogP contribution in [0.15, 0.2) is 30.3 Å². The van der Waals surface area contributed by atoms with Crippen LogP contribution in [0, 0.1) is 0 Å². The van der Waals surface area contributed by atoms with Crippen LogP contribution in [-0.4, -0.2) is 39.6 Å². The number of para-hydroxylation sites is 1. The lowest BCUT2D eigenvalue weighted by atomic mass is 10.3. The monoisotopic (exact) mass is 252 g/mol. The number of likely N-dealkylation sites (N-methyl/N-ethyl adjacent to an activating group) is 3. The summed E-state index contributed by atoms with van der Waals surface area (Å²) in [5.41, 5.74) is 0.700. The molecule has 0 bridgehead atoms. The Morgan fingerprint density at radius 3 is 2.17 bits per heavy atom. The maximum atomic E-state index is 11.6. The average Bonchev–Trinajstić information content (AvgIpc) is 2.42. The molecule has 1 rings (SSSR count). The molecule has 0 fully saturated rings. The molecular formula is C12H20N4O2. The molecule has 100 valence electrons. The lowest BCUT2D eigenvalue weighted by Gasteiger charge is -2.31. The van der Waals surface area contributed by atoms with Crippen molar-refractivity contribution in [2.24, 2.45) is 0 Å². The molecule has 0 heterocycles. The maximum Gasteiger partial charge on any atom is 0.411 e. The van der Waals surface area contributed by atoms with Gasteiger partial charge in [0.1, 0.15) is 6.61 Å². The first-order chi connectivity index (χ1) is 8.65. The van der Waals surface area contributed by atoms with E-state index in [0.717, 1.165) is 0 Å². The van der Waals surface area contributed by atoms with E-state index in [0.29, 0.717) is 5.69 Å². The third-order valence-electron chi connectivity index (χ3n) is 2.72. The number of ether oxygens (including phenoxy) is 1. The van der Waals surface area contributed by atoms with Crippen LogP contribution in [0.4, 0.5) is 10.5 Å². The summed E-state index contributed by atoms with van der Waals surface area (Å²) in [6.45, 7) is 0.148. The normalized spacial score (nSPS) is 11.1. The predicted molar refractivity (Wildman–Crippen MR) is 71.3 cm³/mol. The Morgan fingerprint density at radius 1 is 1.11 bits per heavy atom. The highest BCUT2D eigenvalue weighted by Gasteiger charge is 2.25. The van der Waals surface area contributed by atoms with Crippen LogP contribution in [0.2, 0.25) is 0 Å². The van der Waals surface area contributed by atoms with Gasteiger partial charge in [-0.2, -0.15) is 0 Å². The summed E-state index contributed by atoms with van der Waals surface area (Å²) in [6, 6.07) is 9.15. The minimum Gasteiger partial charge on any atom is -0.444 e. The van der Waals surface area contributed by atoms with Gasteiger partial charge in [-0.3, -0.25) is 21.3 Å². The first kappa shape index (κ1) is 14.4. The van der Waals surface area contributed by atoms with Crippen LogP contribution in [0.3, 0.4) is 0 Å². The van der Waals surface area contributed by atoms with E-state index in [1.165, 1.54) is 0 Å². The van der Waals surface area contributed by atoms with Crippen molar-refractivity contribution in [3.63, 3.8) is 0 Å². The standard InChI is InChI=1S/C12H20N4O2/c1-13-12(14-2,15-3)9-18-11(17)16-10-7-5-4-6-8-10/h4-8,13-15H,9H2,1-3H3,(H,16,17). The van der Waals surface area contributed by atoms with Crippen LogP contribution in [0.5, 0.6) is 0 Å². The topological polar surface area (TPSA) is 74.4 Å². The SMILES string of the molecule is CNC(COC(=O)Nc1ccccc1)(NC)NC. The van der Waals surface area contributed by atoms with Crippen molar-refractivity contribution in [2.75, 3.05) is 33.1 Å². The molecule has 0 saturated carbocycles. The summed E-state index contributed by atoms with van der Waals surface area (Å²) < 4.78 is 5.15. The van der Waals surface area contributed by atoms with Crippen molar-refractivity contribution in [2.45, 2.75) is 5.79 Å².